The van der Waals surface area contributed by atoms with Crippen LogP contribution in [0.2, 0.25) is 0 Å². The highest BCUT2D eigenvalue weighted by Crippen LogP contribution is 2.26. The third kappa shape index (κ3) is 4.20. The zero-order chi connectivity index (χ0) is 15.1. The summed E-state index contributed by atoms with van der Waals surface area (Å²) in [5.41, 5.74) is 7.09. The van der Waals surface area contributed by atoms with E-state index in [1.54, 1.807) is 24.3 Å². The van der Waals surface area contributed by atoms with Crippen LogP contribution >= 0.6 is 0 Å². The lowest BCUT2D eigenvalue weighted by Crippen LogP contribution is -2.05. The zero-order valence-electron chi connectivity index (χ0n) is 12.1. The van der Waals surface area contributed by atoms with Gasteiger partial charge in [-0.3, -0.25) is 0 Å². The minimum atomic E-state index is -0.273. The SMILES string of the molecule is CCCOc1ccc(CN)c(OCc2ccccc2F)c1. The molecule has 0 amide bonds. The van der Waals surface area contributed by atoms with Gasteiger partial charge in [0.05, 0.1) is 6.61 Å². The van der Waals surface area contributed by atoms with Crippen LogP contribution in [0.4, 0.5) is 4.39 Å². The number of rotatable bonds is 7. The fourth-order valence-corrected chi connectivity index (χ4v) is 1.92. The van der Waals surface area contributed by atoms with Crippen molar-refractivity contribution in [3.05, 3.63) is 59.4 Å². The van der Waals surface area contributed by atoms with Crippen molar-refractivity contribution < 1.29 is 13.9 Å². The van der Waals surface area contributed by atoms with Crippen LogP contribution < -0.4 is 15.2 Å². The summed E-state index contributed by atoms with van der Waals surface area (Å²) in [6.07, 6.45) is 0.935. The summed E-state index contributed by atoms with van der Waals surface area (Å²) in [5, 5.41) is 0. The molecule has 0 saturated heterocycles. The number of nitrogens with two attached hydrogens (primary N) is 1. The van der Waals surface area contributed by atoms with E-state index in [2.05, 4.69) is 0 Å². The molecule has 0 saturated carbocycles. The summed E-state index contributed by atoms with van der Waals surface area (Å²) in [6, 6.07) is 12.1. The molecule has 0 aliphatic rings. The molecule has 0 unspecified atom stereocenters. The molecule has 2 N–H and O–H groups in total. The highest BCUT2D eigenvalue weighted by atomic mass is 19.1. The summed E-state index contributed by atoms with van der Waals surface area (Å²) in [4.78, 5) is 0. The fraction of sp³-hybridized carbons (Fsp3) is 0.294. The Hall–Kier alpha value is -2.07. The van der Waals surface area contributed by atoms with Crippen molar-refractivity contribution in [2.45, 2.75) is 26.5 Å². The van der Waals surface area contributed by atoms with E-state index >= 15 is 0 Å². The monoisotopic (exact) mass is 289 g/mol. The fourth-order valence-electron chi connectivity index (χ4n) is 1.92. The van der Waals surface area contributed by atoms with E-state index in [0.717, 1.165) is 17.7 Å². The Morgan fingerprint density at radius 1 is 1.05 bits per heavy atom. The van der Waals surface area contributed by atoms with E-state index in [-0.39, 0.29) is 12.4 Å². The van der Waals surface area contributed by atoms with Crippen molar-refractivity contribution in [3.8, 4) is 11.5 Å². The van der Waals surface area contributed by atoms with Crippen LogP contribution in [0.25, 0.3) is 0 Å². The lowest BCUT2D eigenvalue weighted by molar-refractivity contribution is 0.288. The van der Waals surface area contributed by atoms with Gasteiger partial charge in [-0.2, -0.15) is 0 Å². The van der Waals surface area contributed by atoms with Crippen LogP contribution in [0.15, 0.2) is 42.5 Å². The van der Waals surface area contributed by atoms with Gasteiger partial charge in [0.2, 0.25) is 0 Å². The molecule has 0 aromatic heterocycles. The Bertz CT molecular complexity index is 587. The van der Waals surface area contributed by atoms with Gasteiger partial charge in [0.15, 0.2) is 0 Å². The average Bonchev–Trinajstić information content (AvgIpc) is 2.52. The second-order valence-electron chi connectivity index (χ2n) is 4.70. The average molecular weight is 289 g/mol. The van der Waals surface area contributed by atoms with Gasteiger partial charge in [0.1, 0.15) is 23.9 Å². The predicted molar refractivity (Wildman–Crippen MR) is 80.9 cm³/mol. The topological polar surface area (TPSA) is 44.5 Å². The Balaban J connectivity index is 2.12. The van der Waals surface area contributed by atoms with Gasteiger partial charge in [-0.15, -0.1) is 0 Å². The first-order chi connectivity index (χ1) is 10.2. The van der Waals surface area contributed by atoms with Crippen molar-refractivity contribution in [1.29, 1.82) is 0 Å². The zero-order valence-corrected chi connectivity index (χ0v) is 12.1. The maximum atomic E-state index is 13.6. The van der Waals surface area contributed by atoms with Gasteiger partial charge in [0, 0.05) is 23.7 Å². The van der Waals surface area contributed by atoms with E-state index in [1.807, 2.05) is 19.1 Å². The summed E-state index contributed by atoms with van der Waals surface area (Å²) in [5.74, 6) is 1.09. The molecule has 0 heterocycles. The first-order valence-corrected chi connectivity index (χ1v) is 7.06. The Morgan fingerprint density at radius 3 is 2.57 bits per heavy atom. The van der Waals surface area contributed by atoms with Gasteiger partial charge in [-0.1, -0.05) is 31.2 Å². The Kier molecular flexibility index (Phi) is 5.58. The molecule has 0 aliphatic carbocycles. The molecule has 4 heteroatoms. The van der Waals surface area contributed by atoms with Crippen LogP contribution in [0, 0.1) is 5.82 Å². The molecule has 3 nitrogen and oxygen atoms in total. The summed E-state index contributed by atoms with van der Waals surface area (Å²) < 4.78 is 24.9. The molecule has 2 rings (SSSR count). The molecule has 0 radical (unpaired) electrons. The Morgan fingerprint density at radius 2 is 1.86 bits per heavy atom. The first kappa shape index (κ1) is 15.3. The molecule has 2 aromatic carbocycles. The van der Waals surface area contributed by atoms with Crippen LogP contribution in [-0.4, -0.2) is 6.61 Å². The normalized spacial score (nSPS) is 10.4. The third-order valence-electron chi connectivity index (χ3n) is 3.07. The lowest BCUT2D eigenvalue weighted by atomic mass is 10.2. The number of halogens is 1. The summed E-state index contributed by atoms with van der Waals surface area (Å²) >= 11 is 0. The molecule has 0 bridgehead atoms. The molecule has 0 fully saturated rings. The molecule has 21 heavy (non-hydrogen) atoms. The van der Waals surface area contributed by atoms with Crippen molar-refractivity contribution in [2.24, 2.45) is 5.73 Å². The molecule has 2 aromatic rings. The largest absolute Gasteiger partial charge is 0.493 e. The lowest BCUT2D eigenvalue weighted by Gasteiger charge is -2.13. The second kappa shape index (κ2) is 7.64. The molecule has 0 spiro atoms. The summed E-state index contributed by atoms with van der Waals surface area (Å²) in [6.45, 7) is 3.22. The molecular formula is C17H20FNO2. The van der Waals surface area contributed by atoms with Crippen molar-refractivity contribution in [2.75, 3.05) is 6.61 Å². The number of ether oxygens (including phenoxy) is 2. The van der Waals surface area contributed by atoms with Crippen LogP contribution in [0.5, 0.6) is 11.5 Å². The molecular weight excluding hydrogens is 269 g/mol. The predicted octanol–water partition coefficient (Wildman–Crippen LogP) is 3.65. The molecule has 0 atom stereocenters. The van der Waals surface area contributed by atoms with E-state index in [4.69, 9.17) is 15.2 Å². The molecule has 0 aliphatic heterocycles. The van der Waals surface area contributed by atoms with E-state index < -0.39 is 0 Å². The van der Waals surface area contributed by atoms with Gasteiger partial charge in [-0.25, -0.2) is 4.39 Å². The van der Waals surface area contributed by atoms with Crippen molar-refractivity contribution >= 4 is 0 Å². The van der Waals surface area contributed by atoms with Gasteiger partial charge >= 0.3 is 0 Å². The Labute approximate surface area is 124 Å². The van der Waals surface area contributed by atoms with E-state index in [9.17, 15) is 4.39 Å². The first-order valence-electron chi connectivity index (χ1n) is 7.06. The second-order valence-corrected chi connectivity index (χ2v) is 4.70. The van der Waals surface area contributed by atoms with Crippen LogP contribution in [0.1, 0.15) is 24.5 Å². The minimum Gasteiger partial charge on any atom is -0.493 e. The standard InChI is InChI=1S/C17H20FNO2/c1-2-9-20-15-8-7-13(11-19)17(10-15)21-12-14-5-3-4-6-16(14)18/h3-8,10H,2,9,11-12,19H2,1H3. The van der Waals surface area contributed by atoms with E-state index in [1.165, 1.54) is 6.07 Å². The highest BCUT2D eigenvalue weighted by molar-refractivity contribution is 5.41. The van der Waals surface area contributed by atoms with Gasteiger partial charge < -0.3 is 15.2 Å². The molecule has 112 valence electrons. The number of benzene rings is 2. The van der Waals surface area contributed by atoms with Crippen LogP contribution in [0.3, 0.4) is 0 Å². The summed E-state index contributed by atoms with van der Waals surface area (Å²) in [7, 11) is 0. The minimum absolute atomic E-state index is 0.164. The third-order valence-corrected chi connectivity index (χ3v) is 3.07. The van der Waals surface area contributed by atoms with E-state index in [0.29, 0.717) is 24.5 Å². The van der Waals surface area contributed by atoms with Gasteiger partial charge in [-0.05, 0) is 18.6 Å². The smallest absolute Gasteiger partial charge is 0.129 e. The van der Waals surface area contributed by atoms with Crippen LogP contribution in [-0.2, 0) is 13.2 Å². The number of hydrogen-bond donors (Lipinski definition) is 1. The maximum Gasteiger partial charge on any atom is 0.129 e. The highest BCUT2D eigenvalue weighted by Gasteiger charge is 2.07. The maximum absolute atomic E-state index is 13.6. The quantitative estimate of drug-likeness (QED) is 0.846. The van der Waals surface area contributed by atoms with Crippen molar-refractivity contribution in [3.63, 3.8) is 0 Å². The van der Waals surface area contributed by atoms with Crippen molar-refractivity contribution in [1.82, 2.24) is 0 Å². The number of hydrogen-bond acceptors (Lipinski definition) is 3. The van der Waals surface area contributed by atoms with Gasteiger partial charge in [0.25, 0.3) is 0 Å².